The number of thioether (sulfide) groups is 1. The Balaban J connectivity index is 2.24. The van der Waals surface area contributed by atoms with E-state index in [2.05, 4.69) is 6.07 Å². The van der Waals surface area contributed by atoms with Crippen molar-refractivity contribution in [1.29, 1.82) is 5.26 Å². The molecule has 1 atom stereocenters. The van der Waals surface area contributed by atoms with E-state index in [0.29, 0.717) is 4.90 Å². The largest absolute Gasteiger partial charge is 0.207 e. The molecule has 0 radical (unpaired) electrons. The summed E-state index contributed by atoms with van der Waals surface area (Å²) in [5.41, 5.74) is 0.956. The van der Waals surface area contributed by atoms with E-state index in [1.54, 1.807) is 0 Å². The molecule has 0 aromatic heterocycles. The summed E-state index contributed by atoms with van der Waals surface area (Å²) in [6.07, 6.45) is 0.269. The number of hydrogen-bond donors (Lipinski definition) is 0. The molecule has 0 aliphatic rings. The quantitative estimate of drug-likeness (QED) is 0.754. The van der Waals surface area contributed by atoms with Gasteiger partial charge in [0.15, 0.2) is 0 Å². The van der Waals surface area contributed by atoms with Gasteiger partial charge in [-0.15, -0.1) is 11.8 Å². The van der Waals surface area contributed by atoms with Crippen molar-refractivity contribution in [1.82, 2.24) is 0 Å². The number of rotatable bonds is 4. The van der Waals surface area contributed by atoms with Crippen LogP contribution in [-0.4, -0.2) is 0 Å². The molecule has 1 unspecified atom stereocenters. The van der Waals surface area contributed by atoms with Crippen LogP contribution in [0.25, 0.3) is 0 Å². The van der Waals surface area contributed by atoms with Gasteiger partial charge < -0.3 is 0 Å². The summed E-state index contributed by atoms with van der Waals surface area (Å²) in [6, 6.07) is 15.0. The predicted octanol–water partition coefficient (Wildman–Crippen LogP) is 4.71. The molecule has 0 aliphatic heterocycles. The Morgan fingerprint density at radius 1 is 1.11 bits per heavy atom. The molecular weight excluding hydrogens is 264 g/mol. The molecule has 0 saturated heterocycles. The monoisotopic (exact) mass is 275 g/mol. The van der Waals surface area contributed by atoms with Crippen LogP contribution in [0.1, 0.15) is 17.2 Å². The lowest BCUT2D eigenvalue weighted by Gasteiger charge is -2.14. The zero-order valence-corrected chi connectivity index (χ0v) is 10.8. The minimum atomic E-state index is -0.599. The summed E-state index contributed by atoms with van der Waals surface area (Å²) in [4.78, 5) is 0.352. The van der Waals surface area contributed by atoms with Gasteiger partial charge in [0.1, 0.15) is 11.6 Å². The maximum atomic E-state index is 13.6. The van der Waals surface area contributed by atoms with Gasteiger partial charge in [0.25, 0.3) is 0 Å². The molecule has 19 heavy (non-hydrogen) atoms. The molecule has 2 rings (SSSR count). The molecule has 4 heteroatoms. The van der Waals surface area contributed by atoms with Crippen LogP contribution in [0.3, 0.4) is 0 Å². The van der Waals surface area contributed by atoms with Gasteiger partial charge >= 0.3 is 0 Å². The fraction of sp³-hybridized carbons (Fsp3) is 0.133. The SMILES string of the molecule is N#CCC(Sc1ccc(F)cc1F)c1ccccc1. The van der Waals surface area contributed by atoms with Crippen LogP contribution in [-0.2, 0) is 0 Å². The summed E-state index contributed by atoms with van der Waals surface area (Å²) in [5.74, 6) is -1.19. The highest BCUT2D eigenvalue weighted by atomic mass is 32.2. The van der Waals surface area contributed by atoms with Crippen LogP contribution in [0.5, 0.6) is 0 Å². The summed E-state index contributed by atoms with van der Waals surface area (Å²) in [5, 5.41) is 8.71. The first-order chi connectivity index (χ1) is 9.20. The highest BCUT2D eigenvalue weighted by molar-refractivity contribution is 7.99. The van der Waals surface area contributed by atoms with Crippen molar-refractivity contribution in [2.45, 2.75) is 16.6 Å². The fourth-order valence-electron chi connectivity index (χ4n) is 1.70. The summed E-state index contributed by atoms with van der Waals surface area (Å²) in [7, 11) is 0. The molecule has 96 valence electrons. The molecule has 0 amide bonds. The van der Waals surface area contributed by atoms with E-state index < -0.39 is 11.6 Å². The first kappa shape index (κ1) is 13.6. The average molecular weight is 275 g/mol. The topological polar surface area (TPSA) is 23.8 Å². The molecule has 1 nitrogen and oxygen atoms in total. The average Bonchev–Trinajstić information content (AvgIpc) is 2.42. The third-order valence-electron chi connectivity index (χ3n) is 2.61. The molecule has 0 heterocycles. The van der Waals surface area contributed by atoms with E-state index in [9.17, 15) is 8.78 Å². The fourth-order valence-corrected chi connectivity index (χ4v) is 2.78. The van der Waals surface area contributed by atoms with E-state index >= 15 is 0 Å². The van der Waals surface area contributed by atoms with Gasteiger partial charge in [-0.1, -0.05) is 30.3 Å². The second kappa shape index (κ2) is 6.35. The second-order valence-corrected chi connectivity index (χ2v) is 5.20. The predicted molar refractivity (Wildman–Crippen MR) is 71.6 cm³/mol. The molecule has 0 saturated carbocycles. The highest BCUT2D eigenvalue weighted by Gasteiger charge is 2.15. The Bertz CT molecular complexity index is 593. The number of nitriles is 1. The smallest absolute Gasteiger partial charge is 0.139 e. The van der Waals surface area contributed by atoms with Crippen LogP contribution in [0.15, 0.2) is 53.4 Å². The number of halogens is 2. The van der Waals surface area contributed by atoms with E-state index in [1.807, 2.05) is 30.3 Å². The minimum Gasteiger partial charge on any atom is -0.207 e. The summed E-state index contributed by atoms with van der Waals surface area (Å²) >= 11 is 1.24. The van der Waals surface area contributed by atoms with Crippen molar-refractivity contribution >= 4 is 11.8 Å². The lowest BCUT2D eigenvalue weighted by molar-refractivity contribution is 0.565. The third kappa shape index (κ3) is 3.55. The Morgan fingerprint density at radius 3 is 2.47 bits per heavy atom. The van der Waals surface area contributed by atoms with E-state index in [1.165, 1.54) is 23.9 Å². The molecule has 0 aliphatic carbocycles. The van der Waals surface area contributed by atoms with Crippen molar-refractivity contribution in [3.63, 3.8) is 0 Å². The normalized spacial score (nSPS) is 11.8. The third-order valence-corrected chi connectivity index (χ3v) is 3.92. The van der Waals surface area contributed by atoms with Crippen molar-refractivity contribution in [3.8, 4) is 6.07 Å². The molecule has 2 aromatic rings. The van der Waals surface area contributed by atoms with Gasteiger partial charge in [0.05, 0.1) is 12.5 Å². The van der Waals surface area contributed by atoms with Crippen molar-refractivity contribution in [2.75, 3.05) is 0 Å². The van der Waals surface area contributed by atoms with Gasteiger partial charge in [-0.05, 0) is 17.7 Å². The minimum absolute atomic E-state index is 0.161. The lowest BCUT2D eigenvalue weighted by atomic mass is 10.1. The first-order valence-corrected chi connectivity index (χ1v) is 6.62. The molecule has 0 fully saturated rings. The Hall–Kier alpha value is -1.86. The standard InChI is InChI=1S/C15H11F2NS/c16-12-6-7-15(13(17)10-12)19-14(8-9-18)11-4-2-1-3-5-11/h1-7,10,14H,8H2. The summed E-state index contributed by atoms with van der Waals surface area (Å²) in [6.45, 7) is 0. The van der Waals surface area contributed by atoms with Gasteiger partial charge in [-0.2, -0.15) is 5.26 Å². The maximum absolute atomic E-state index is 13.6. The van der Waals surface area contributed by atoms with Gasteiger partial charge in [0, 0.05) is 16.2 Å². The number of nitrogens with zero attached hydrogens (tertiary/aromatic N) is 1. The van der Waals surface area contributed by atoms with Crippen LogP contribution >= 0.6 is 11.8 Å². The Kier molecular flexibility index (Phi) is 4.53. The number of hydrogen-bond acceptors (Lipinski definition) is 2. The van der Waals surface area contributed by atoms with E-state index in [0.717, 1.165) is 11.6 Å². The highest BCUT2D eigenvalue weighted by Crippen LogP contribution is 2.38. The Morgan fingerprint density at radius 2 is 1.84 bits per heavy atom. The molecule has 0 bridgehead atoms. The van der Waals surface area contributed by atoms with Crippen LogP contribution in [0.2, 0.25) is 0 Å². The van der Waals surface area contributed by atoms with Gasteiger partial charge in [-0.3, -0.25) is 0 Å². The van der Waals surface area contributed by atoms with Crippen molar-refractivity contribution < 1.29 is 8.78 Å². The lowest BCUT2D eigenvalue weighted by Crippen LogP contribution is -1.94. The van der Waals surface area contributed by atoms with Gasteiger partial charge in [0.2, 0.25) is 0 Å². The second-order valence-electron chi connectivity index (χ2n) is 3.95. The number of benzene rings is 2. The molecular formula is C15H11F2NS. The van der Waals surface area contributed by atoms with Crippen LogP contribution in [0.4, 0.5) is 8.78 Å². The van der Waals surface area contributed by atoms with Crippen LogP contribution in [0, 0.1) is 23.0 Å². The first-order valence-electron chi connectivity index (χ1n) is 5.74. The van der Waals surface area contributed by atoms with E-state index in [4.69, 9.17) is 5.26 Å². The van der Waals surface area contributed by atoms with Crippen LogP contribution < -0.4 is 0 Å². The van der Waals surface area contributed by atoms with E-state index in [-0.39, 0.29) is 11.7 Å². The Labute approximate surface area is 114 Å². The zero-order valence-electron chi connectivity index (χ0n) is 10.0. The molecule has 2 aromatic carbocycles. The summed E-state index contributed by atoms with van der Waals surface area (Å²) < 4.78 is 26.5. The molecule has 0 N–H and O–H groups in total. The zero-order chi connectivity index (χ0) is 13.7. The van der Waals surface area contributed by atoms with Crippen molar-refractivity contribution in [3.05, 3.63) is 65.7 Å². The van der Waals surface area contributed by atoms with Gasteiger partial charge in [-0.25, -0.2) is 8.78 Å². The van der Waals surface area contributed by atoms with Crippen molar-refractivity contribution in [2.24, 2.45) is 0 Å². The molecule has 0 spiro atoms. The maximum Gasteiger partial charge on any atom is 0.139 e.